The van der Waals surface area contributed by atoms with E-state index in [-0.39, 0.29) is 12.5 Å². The van der Waals surface area contributed by atoms with Gasteiger partial charge in [-0.15, -0.1) is 0 Å². The maximum absolute atomic E-state index is 12.0. The SMILES string of the molecule is CCCC[C@](C)(CO)NC(=O)c1ccccc1. The van der Waals surface area contributed by atoms with Crippen LogP contribution >= 0.6 is 0 Å². The number of aliphatic hydroxyl groups is 1. The zero-order valence-corrected chi connectivity index (χ0v) is 10.6. The molecule has 1 amide bonds. The third-order valence-electron chi connectivity index (χ3n) is 2.88. The molecule has 1 aromatic carbocycles. The highest BCUT2D eigenvalue weighted by Crippen LogP contribution is 2.14. The van der Waals surface area contributed by atoms with Crippen LogP contribution in [0.5, 0.6) is 0 Å². The fourth-order valence-electron chi connectivity index (χ4n) is 1.68. The number of carbonyl (C=O) groups excluding carboxylic acids is 1. The summed E-state index contributed by atoms with van der Waals surface area (Å²) in [6, 6.07) is 9.08. The van der Waals surface area contributed by atoms with Crippen molar-refractivity contribution in [1.82, 2.24) is 5.32 Å². The van der Waals surface area contributed by atoms with E-state index < -0.39 is 5.54 Å². The van der Waals surface area contributed by atoms with E-state index in [1.54, 1.807) is 12.1 Å². The normalized spacial score (nSPS) is 14.1. The molecule has 0 saturated heterocycles. The molecule has 3 nitrogen and oxygen atoms in total. The number of amides is 1. The molecule has 0 fully saturated rings. The highest BCUT2D eigenvalue weighted by Gasteiger charge is 2.25. The van der Waals surface area contributed by atoms with Gasteiger partial charge < -0.3 is 10.4 Å². The van der Waals surface area contributed by atoms with E-state index in [9.17, 15) is 9.90 Å². The van der Waals surface area contributed by atoms with Gasteiger partial charge in [-0.2, -0.15) is 0 Å². The summed E-state index contributed by atoms with van der Waals surface area (Å²) in [6.07, 6.45) is 2.83. The summed E-state index contributed by atoms with van der Waals surface area (Å²) in [5.41, 5.74) is 0.104. The van der Waals surface area contributed by atoms with E-state index in [1.165, 1.54) is 0 Å². The van der Waals surface area contributed by atoms with Crippen molar-refractivity contribution < 1.29 is 9.90 Å². The van der Waals surface area contributed by atoms with Gasteiger partial charge in [-0.05, 0) is 25.5 Å². The molecule has 0 aromatic heterocycles. The average molecular weight is 235 g/mol. The fourth-order valence-corrected chi connectivity index (χ4v) is 1.68. The highest BCUT2D eigenvalue weighted by atomic mass is 16.3. The van der Waals surface area contributed by atoms with Gasteiger partial charge in [0.2, 0.25) is 0 Å². The third kappa shape index (κ3) is 4.19. The molecule has 0 aliphatic carbocycles. The summed E-state index contributed by atoms with van der Waals surface area (Å²) in [5, 5.41) is 12.3. The molecule has 3 heteroatoms. The Hall–Kier alpha value is -1.35. The molecule has 94 valence electrons. The van der Waals surface area contributed by atoms with Crippen LogP contribution < -0.4 is 5.32 Å². The second-order valence-corrected chi connectivity index (χ2v) is 4.64. The molecule has 1 rings (SSSR count). The van der Waals surface area contributed by atoms with Crippen LogP contribution in [0.3, 0.4) is 0 Å². The summed E-state index contributed by atoms with van der Waals surface area (Å²) in [4.78, 5) is 12.0. The monoisotopic (exact) mass is 235 g/mol. The Bertz CT molecular complexity index is 350. The van der Waals surface area contributed by atoms with E-state index in [4.69, 9.17) is 0 Å². The number of hydrogen-bond donors (Lipinski definition) is 2. The summed E-state index contributed by atoms with van der Waals surface area (Å²) in [6.45, 7) is 3.94. The van der Waals surface area contributed by atoms with E-state index in [0.29, 0.717) is 5.56 Å². The zero-order chi connectivity index (χ0) is 12.7. The van der Waals surface area contributed by atoms with E-state index in [2.05, 4.69) is 12.2 Å². The van der Waals surface area contributed by atoms with Crippen molar-refractivity contribution in [2.45, 2.75) is 38.6 Å². The summed E-state index contributed by atoms with van der Waals surface area (Å²) in [7, 11) is 0. The first-order valence-electron chi connectivity index (χ1n) is 6.10. The van der Waals surface area contributed by atoms with Gasteiger partial charge >= 0.3 is 0 Å². The standard InChI is InChI=1S/C14H21NO2/c1-3-4-10-14(2,11-16)15-13(17)12-8-6-5-7-9-12/h5-9,16H,3-4,10-11H2,1-2H3,(H,15,17)/t14-/m1/s1. The number of rotatable bonds is 6. The number of benzene rings is 1. The molecule has 2 N–H and O–H groups in total. The molecule has 0 aliphatic rings. The third-order valence-corrected chi connectivity index (χ3v) is 2.88. The van der Waals surface area contributed by atoms with Crippen LogP contribution in [0.2, 0.25) is 0 Å². The Labute approximate surface area is 103 Å². The fraction of sp³-hybridized carbons (Fsp3) is 0.500. The smallest absolute Gasteiger partial charge is 0.251 e. The van der Waals surface area contributed by atoms with E-state index >= 15 is 0 Å². The van der Waals surface area contributed by atoms with Crippen LogP contribution in [-0.2, 0) is 0 Å². The Balaban J connectivity index is 2.65. The minimum absolute atomic E-state index is 0.0361. The van der Waals surface area contributed by atoms with Crippen molar-refractivity contribution in [2.24, 2.45) is 0 Å². The van der Waals surface area contributed by atoms with Gasteiger partial charge in [0.15, 0.2) is 0 Å². The maximum Gasteiger partial charge on any atom is 0.251 e. The Morgan fingerprint density at radius 2 is 2.00 bits per heavy atom. The number of unbranched alkanes of at least 4 members (excludes halogenated alkanes) is 1. The van der Waals surface area contributed by atoms with Crippen LogP contribution in [0.15, 0.2) is 30.3 Å². The van der Waals surface area contributed by atoms with Gasteiger partial charge in [0.25, 0.3) is 5.91 Å². The van der Waals surface area contributed by atoms with Gasteiger partial charge in [-0.3, -0.25) is 4.79 Å². The molecule has 0 unspecified atom stereocenters. The predicted molar refractivity (Wildman–Crippen MR) is 68.9 cm³/mol. The molecular formula is C14H21NO2. The molecule has 0 radical (unpaired) electrons. The first-order chi connectivity index (χ1) is 8.11. The van der Waals surface area contributed by atoms with Crippen molar-refractivity contribution in [3.63, 3.8) is 0 Å². The largest absolute Gasteiger partial charge is 0.394 e. The van der Waals surface area contributed by atoms with Gasteiger partial charge in [-0.1, -0.05) is 38.0 Å². The quantitative estimate of drug-likeness (QED) is 0.795. The number of nitrogens with one attached hydrogen (secondary N) is 1. The van der Waals surface area contributed by atoms with E-state index in [0.717, 1.165) is 19.3 Å². The van der Waals surface area contributed by atoms with Crippen molar-refractivity contribution in [2.75, 3.05) is 6.61 Å². The van der Waals surface area contributed by atoms with Gasteiger partial charge in [-0.25, -0.2) is 0 Å². The molecule has 0 bridgehead atoms. The Morgan fingerprint density at radius 3 is 2.53 bits per heavy atom. The summed E-state index contributed by atoms with van der Waals surface area (Å²) >= 11 is 0. The van der Waals surface area contributed by atoms with Crippen molar-refractivity contribution in [3.05, 3.63) is 35.9 Å². The van der Waals surface area contributed by atoms with Crippen LogP contribution in [0.1, 0.15) is 43.5 Å². The summed E-state index contributed by atoms with van der Waals surface area (Å²) < 4.78 is 0. The van der Waals surface area contributed by atoms with Crippen LogP contribution in [0.25, 0.3) is 0 Å². The number of carbonyl (C=O) groups is 1. The maximum atomic E-state index is 12.0. The van der Waals surface area contributed by atoms with Gasteiger partial charge in [0, 0.05) is 5.56 Å². The average Bonchev–Trinajstić information content (AvgIpc) is 2.37. The lowest BCUT2D eigenvalue weighted by atomic mass is 9.95. The van der Waals surface area contributed by atoms with Gasteiger partial charge in [0.05, 0.1) is 12.1 Å². The van der Waals surface area contributed by atoms with Crippen molar-refractivity contribution >= 4 is 5.91 Å². The molecule has 0 aliphatic heterocycles. The molecule has 0 heterocycles. The van der Waals surface area contributed by atoms with Crippen molar-refractivity contribution in [1.29, 1.82) is 0 Å². The van der Waals surface area contributed by atoms with Crippen molar-refractivity contribution in [3.8, 4) is 0 Å². The molecule has 0 spiro atoms. The Kier molecular flexibility index (Phi) is 5.16. The molecular weight excluding hydrogens is 214 g/mol. The number of hydrogen-bond acceptors (Lipinski definition) is 2. The minimum Gasteiger partial charge on any atom is -0.394 e. The topological polar surface area (TPSA) is 49.3 Å². The molecule has 1 atom stereocenters. The lowest BCUT2D eigenvalue weighted by molar-refractivity contribution is 0.0839. The second-order valence-electron chi connectivity index (χ2n) is 4.64. The summed E-state index contributed by atoms with van der Waals surface area (Å²) in [5.74, 6) is -0.127. The van der Waals surface area contributed by atoms with Crippen LogP contribution in [-0.4, -0.2) is 23.2 Å². The first-order valence-corrected chi connectivity index (χ1v) is 6.10. The number of aliphatic hydroxyl groups excluding tert-OH is 1. The molecule has 0 saturated carbocycles. The second kappa shape index (κ2) is 6.40. The Morgan fingerprint density at radius 1 is 1.35 bits per heavy atom. The predicted octanol–water partition coefficient (Wildman–Crippen LogP) is 2.36. The molecule has 17 heavy (non-hydrogen) atoms. The minimum atomic E-state index is -0.525. The highest BCUT2D eigenvalue weighted by molar-refractivity contribution is 5.94. The van der Waals surface area contributed by atoms with Crippen LogP contribution in [0.4, 0.5) is 0 Å². The first kappa shape index (κ1) is 13.7. The van der Waals surface area contributed by atoms with Crippen LogP contribution in [0, 0.1) is 0 Å². The lowest BCUT2D eigenvalue weighted by Crippen LogP contribution is -2.48. The van der Waals surface area contributed by atoms with E-state index in [1.807, 2.05) is 25.1 Å². The zero-order valence-electron chi connectivity index (χ0n) is 10.6. The van der Waals surface area contributed by atoms with Gasteiger partial charge in [0.1, 0.15) is 0 Å². The molecule has 1 aromatic rings. The lowest BCUT2D eigenvalue weighted by Gasteiger charge is -2.28.